The van der Waals surface area contributed by atoms with E-state index in [2.05, 4.69) is 43.1 Å². The third-order valence-corrected chi connectivity index (χ3v) is 3.65. The molecule has 4 nitrogen and oxygen atoms in total. The molecule has 0 aliphatic carbocycles. The van der Waals surface area contributed by atoms with Crippen LogP contribution in [0.2, 0.25) is 0 Å². The molecule has 4 heterocycles. The molecule has 0 atom stereocenters. The van der Waals surface area contributed by atoms with E-state index in [1.165, 1.54) is 0 Å². The van der Waals surface area contributed by atoms with Crippen LogP contribution in [0.1, 0.15) is 5.69 Å². The molecule has 4 aromatic heterocycles. The van der Waals surface area contributed by atoms with Crippen molar-refractivity contribution in [1.29, 1.82) is 0 Å². The first-order chi connectivity index (χ1) is 9.24. The summed E-state index contributed by atoms with van der Waals surface area (Å²) in [6, 6.07) is 10.0. The molecule has 92 valence electrons. The quantitative estimate of drug-likeness (QED) is 0.369. The summed E-state index contributed by atoms with van der Waals surface area (Å²) in [6.07, 6.45) is 1.79. The van der Waals surface area contributed by atoms with Crippen molar-refractivity contribution in [3.8, 4) is 0 Å². The maximum absolute atomic E-state index is 4.60. The number of fused-ring (bicyclic) bond motifs is 6. The number of halogens is 1. The second-order valence-electron chi connectivity index (χ2n) is 4.49. The molecule has 4 aromatic rings. The zero-order valence-corrected chi connectivity index (χ0v) is 11.7. The van der Waals surface area contributed by atoms with Crippen LogP contribution in [0.3, 0.4) is 0 Å². The highest BCUT2D eigenvalue weighted by Crippen LogP contribution is 2.28. The van der Waals surface area contributed by atoms with Crippen molar-refractivity contribution in [1.82, 2.24) is 19.6 Å². The predicted molar refractivity (Wildman–Crippen MR) is 78.2 cm³/mol. The number of hydrogen-bond acceptors (Lipinski definition) is 3. The van der Waals surface area contributed by atoms with Crippen LogP contribution in [-0.4, -0.2) is 19.6 Å². The monoisotopic (exact) mass is 312 g/mol. The Balaban J connectivity index is 2.42. The smallest absolute Gasteiger partial charge is 0.162 e. The zero-order valence-electron chi connectivity index (χ0n) is 10.1. The highest BCUT2D eigenvalue weighted by atomic mass is 79.9. The highest BCUT2D eigenvalue weighted by molar-refractivity contribution is 9.10. The van der Waals surface area contributed by atoms with Gasteiger partial charge in [0.15, 0.2) is 5.65 Å². The molecule has 4 rings (SSSR count). The minimum atomic E-state index is 0.823. The Kier molecular flexibility index (Phi) is 2.14. The maximum atomic E-state index is 4.60. The number of aromatic nitrogens is 4. The Morgan fingerprint density at radius 1 is 1.16 bits per heavy atom. The van der Waals surface area contributed by atoms with Gasteiger partial charge in [-0.3, -0.25) is 0 Å². The number of hydrogen-bond donors (Lipinski definition) is 0. The van der Waals surface area contributed by atoms with E-state index in [1.54, 1.807) is 6.20 Å². The van der Waals surface area contributed by atoms with Gasteiger partial charge in [-0.2, -0.15) is 5.10 Å². The summed E-state index contributed by atoms with van der Waals surface area (Å²) in [5.41, 5.74) is 3.75. The topological polar surface area (TPSA) is 43.1 Å². The Morgan fingerprint density at radius 3 is 2.95 bits per heavy atom. The lowest BCUT2D eigenvalue weighted by molar-refractivity contribution is 0.956. The molecule has 19 heavy (non-hydrogen) atoms. The van der Waals surface area contributed by atoms with Crippen LogP contribution in [0.5, 0.6) is 0 Å². The van der Waals surface area contributed by atoms with Gasteiger partial charge in [0.2, 0.25) is 0 Å². The number of aryl methyl sites for hydroxylation is 1. The van der Waals surface area contributed by atoms with Crippen molar-refractivity contribution in [3.63, 3.8) is 0 Å². The molecule has 5 heteroatoms. The van der Waals surface area contributed by atoms with Crippen molar-refractivity contribution in [2.75, 3.05) is 0 Å². The van der Waals surface area contributed by atoms with E-state index in [1.807, 2.05) is 29.6 Å². The SMILES string of the molecule is Cc1cc2c3nc(Br)ccc3c3cccnc3n2n1. The van der Waals surface area contributed by atoms with Crippen molar-refractivity contribution < 1.29 is 0 Å². The first kappa shape index (κ1) is 10.9. The molecule has 0 fully saturated rings. The second kappa shape index (κ2) is 3.74. The van der Waals surface area contributed by atoms with Gasteiger partial charge in [-0.1, -0.05) is 0 Å². The lowest BCUT2D eigenvalue weighted by Gasteiger charge is -2.06. The van der Waals surface area contributed by atoms with E-state index >= 15 is 0 Å². The minimum Gasteiger partial charge on any atom is -0.239 e. The molecular formula is C14H9BrN4. The summed E-state index contributed by atoms with van der Waals surface area (Å²) >= 11 is 3.43. The minimum absolute atomic E-state index is 0.823. The van der Waals surface area contributed by atoms with Gasteiger partial charge < -0.3 is 0 Å². The van der Waals surface area contributed by atoms with Crippen molar-refractivity contribution in [2.45, 2.75) is 6.92 Å². The maximum Gasteiger partial charge on any atom is 0.162 e. The Labute approximate surface area is 117 Å². The molecule has 0 radical (unpaired) electrons. The lowest BCUT2D eigenvalue weighted by Crippen LogP contribution is -1.96. The zero-order chi connectivity index (χ0) is 13.0. The molecule has 0 spiro atoms. The van der Waals surface area contributed by atoms with Crippen LogP contribution >= 0.6 is 15.9 Å². The Bertz CT molecular complexity index is 942. The predicted octanol–water partition coefficient (Wildman–Crippen LogP) is 3.50. The van der Waals surface area contributed by atoms with Crippen LogP contribution in [0, 0.1) is 6.92 Å². The van der Waals surface area contributed by atoms with Crippen molar-refractivity contribution >= 4 is 43.4 Å². The van der Waals surface area contributed by atoms with Gasteiger partial charge in [-0.05, 0) is 53.2 Å². The van der Waals surface area contributed by atoms with Gasteiger partial charge in [-0.25, -0.2) is 14.5 Å². The molecule has 0 aliphatic rings. The summed E-state index contributed by atoms with van der Waals surface area (Å²) in [4.78, 5) is 9.05. The van der Waals surface area contributed by atoms with Crippen molar-refractivity contribution in [2.24, 2.45) is 0 Å². The molecule has 0 aliphatic heterocycles. The van der Waals surface area contributed by atoms with E-state index in [9.17, 15) is 0 Å². The van der Waals surface area contributed by atoms with Crippen LogP contribution in [-0.2, 0) is 0 Å². The van der Waals surface area contributed by atoms with Crippen LogP contribution in [0.25, 0.3) is 27.5 Å². The summed E-state index contributed by atoms with van der Waals surface area (Å²) in [5, 5.41) is 6.68. The fraction of sp³-hybridized carbons (Fsp3) is 0.0714. The number of nitrogens with zero attached hydrogens (tertiary/aromatic N) is 4. The molecule has 0 N–H and O–H groups in total. The van der Waals surface area contributed by atoms with E-state index in [4.69, 9.17) is 0 Å². The third-order valence-electron chi connectivity index (χ3n) is 3.21. The molecule has 0 saturated carbocycles. The molecule has 0 bridgehead atoms. The van der Waals surface area contributed by atoms with Gasteiger partial charge in [-0.15, -0.1) is 0 Å². The molecule has 0 aromatic carbocycles. The second-order valence-corrected chi connectivity index (χ2v) is 5.30. The van der Waals surface area contributed by atoms with Gasteiger partial charge in [0, 0.05) is 17.0 Å². The molecular weight excluding hydrogens is 304 g/mol. The normalized spacial score (nSPS) is 11.7. The number of rotatable bonds is 0. The van der Waals surface area contributed by atoms with Crippen molar-refractivity contribution in [3.05, 3.63) is 46.8 Å². The van der Waals surface area contributed by atoms with E-state index in [0.717, 1.165) is 37.8 Å². The summed E-state index contributed by atoms with van der Waals surface area (Å²) < 4.78 is 2.69. The fourth-order valence-corrected chi connectivity index (χ4v) is 2.76. The first-order valence-electron chi connectivity index (χ1n) is 5.93. The fourth-order valence-electron chi connectivity index (χ4n) is 2.45. The number of pyridine rings is 3. The third kappa shape index (κ3) is 1.48. The van der Waals surface area contributed by atoms with Gasteiger partial charge in [0.05, 0.1) is 16.7 Å². The van der Waals surface area contributed by atoms with Crippen LogP contribution in [0.4, 0.5) is 0 Å². The average Bonchev–Trinajstić information content (AvgIpc) is 2.81. The lowest BCUT2D eigenvalue weighted by atomic mass is 10.1. The summed E-state index contributed by atoms with van der Waals surface area (Å²) in [7, 11) is 0. The first-order valence-corrected chi connectivity index (χ1v) is 6.73. The largest absolute Gasteiger partial charge is 0.239 e. The van der Waals surface area contributed by atoms with Gasteiger partial charge >= 0.3 is 0 Å². The Morgan fingerprint density at radius 2 is 2.05 bits per heavy atom. The molecule has 0 amide bonds. The molecule has 0 unspecified atom stereocenters. The van der Waals surface area contributed by atoms with E-state index in [0.29, 0.717) is 0 Å². The Hall–Kier alpha value is -2.01. The summed E-state index contributed by atoms with van der Waals surface area (Å²) in [5.74, 6) is 0. The van der Waals surface area contributed by atoms with Gasteiger partial charge in [0.1, 0.15) is 4.60 Å². The molecule has 0 saturated heterocycles. The average molecular weight is 313 g/mol. The summed E-state index contributed by atoms with van der Waals surface area (Å²) in [6.45, 7) is 1.98. The van der Waals surface area contributed by atoms with Crippen LogP contribution < -0.4 is 0 Å². The van der Waals surface area contributed by atoms with E-state index in [-0.39, 0.29) is 0 Å². The highest BCUT2D eigenvalue weighted by Gasteiger charge is 2.12. The standard InChI is InChI=1S/C14H9BrN4/c1-8-7-11-13-9(4-5-12(15)17-13)10-3-2-6-16-14(10)19(11)18-8/h2-7H,1H3. The van der Waals surface area contributed by atoms with Crippen LogP contribution in [0.15, 0.2) is 41.1 Å². The van der Waals surface area contributed by atoms with E-state index < -0.39 is 0 Å². The van der Waals surface area contributed by atoms with Gasteiger partial charge in [0.25, 0.3) is 0 Å².